The number of carbonyl (C=O) groups is 2. The van der Waals surface area contributed by atoms with Gasteiger partial charge in [0.2, 0.25) is 5.91 Å². The van der Waals surface area contributed by atoms with Crippen molar-refractivity contribution in [1.29, 1.82) is 0 Å². The third kappa shape index (κ3) is 3.28. The summed E-state index contributed by atoms with van der Waals surface area (Å²) in [5.41, 5.74) is 1.84. The first kappa shape index (κ1) is 23.3. The Morgan fingerprint density at radius 3 is 2.74 bits per heavy atom. The molecule has 0 aromatic heterocycles. The van der Waals surface area contributed by atoms with Crippen molar-refractivity contribution in [3.63, 3.8) is 0 Å². The Morgan fingerprint density at radius 1 is 1.26 bits per heavy atom. The van der Waals surface area contributed by atoms with Gasteiger partial charge in [-0.15, -0.1) is 0 Å². The van der Waals surface area contributed by atoms with Crippen LogP contribution >= 0.6 is 22.6 Å². The van der Waals surface area contributed by atoms with E-state index in [4.69, 9.17) is 4.74 Å². The molecule has 5 rings (SSSR count). The molecule has 2 aromatic carbocycles. The molecule has 1 aliphatic heterocycles. The number of anilines is 1. The summed E-state index contributed by atoms with van der Waals surface area (Å²) in [5.74, 6) is -0.245. The second-order valence-corrected chi connectivity index (χ2v) is 11.1. The SMILES string of the molecule is COC(=O)c1cccc(CN2C(=O)[C@@]3(C[C@@]3(C(C)C)C3C=CC(I)=CC3)c3cc(F)ccc32)c1. The standard InChI is InChI=1S/C28H27FINO3/c1-17(2)27(20-7-10-22(30)11-8-20)16-28(27)23-14-21(29)9-12-24(23)31(26(28)33)15-18-5-4-6-19(13-18)25(32)34-3/h4-7,9-14,17,20H,8,15-16H2,1-3H3/t20?,27-,28-/m1/s1. The first-order valence-electron chi connectivity index (χ1n) is 11.6. The van der Waals surface area contributed by atoms with Gasteiger partial charge in [0.1, 0.15) is 5.82 Å². The molecule has 1 heterocycles. The van der Waals surface area contributed by atoms with Gasteiger partial charge < -0.3 is 9.64 Å². The number of rotatable bonds is 5. The van der Waals surface area contributed by atoms with Crippen LogP contribution < -0.4 is 4.90 Å². The van der Waals surface area contributed by atoms with Crippen LogP contribution in [0.1, 0.15) is 48.2 Å². The third-order valence-electron chi connectivity index (χ3n) is 7.98. The van der Waals surface area contributed by atoms with Crippen molar-refractivity contribution in [2.75, 3.05) is 12.0 Å². The van der Waals surface area contributed by atoms with Crippen molar-refractivity contribution < 1.29 is 18.7 Å². The Kier molecular flexibility index (Phi) is 5.70. The molecule has 34 heavy (non-hydrogen) atoms. The zero-order valence-electron chi connectivity index (χ0n) is 19.5. The number of ether oxygens (including phenoxy) is 1. The molecule has 0 bridgehead atoms. The maximum absolute atomic E-state index is 14.5. The van der Waals surface area contributed by atoms with E-state index in [1.807, 2.05) is 6.07 Å². The van der Waals surface area contributed by atoms with E-state index in [1.54, 1.807) is 35.2 Å². The molecule has 2 aliphatic carbocycles. The Morgan fingerprint density at radius 2 is 2.06 bits per heavy atom. The summed E-state index contributed by atoms with van der Waals surface area (Å²) in [6, 6.07) is 11.9. The topological polar surface area (TPSA) is 46.6 Å². The molecule has 1 unspecified atom stereocenters. The van der Waals surface area contributed by atoms with Gasteiger partial charge in [0.15, 0.2) is 0 Å². The number of fused-ring (bicyclic) bond motifs is 2. The highest BCUT2D eigenvalue weighted by Gasteiger charge is 2.78. The summed E-state index contributed by atoms with van der Waals surface area (Å²) < 4.78 is 20.6. The number of amides is 1. The van der Waals surface area contributed by atoms with E-state index in [1.165, 1.54) is 16.8 Å². The van der Waals surface area contributed by atoms with Crippen LogP contribution in [0.15, 0.2) is 64.3 Å². The van der Waals surface area contributed by atoms with Crippen LogP contribution in [0, 0.1) is 23.1 Å². The van der Waals surface area contributed by atoms with E-state index < -0.39 is 11.4 Å². The molecule has 1 amide bonds. The number of hydrogen-bond donors (Lipinski definition) is 0. The highest BCUT2D eigenvalue weighted by molar-refractivity contribution is 14.1. The van der Waals surface area contributed by atoms with Gasteiger partial charge in [0, 0.05) is 9.27 Å². The predicted octanol–water partition coefficient (Wildman–Crippen LogP) is 6.34. The number of methoxy groups -OCH3 is 1. The molecule has 2 aromatic rings. The Labute approximate surface area is 213 Å². The predicted molar refractivity (Wildman–Crippen MR) is 138 cm³/mol. The van der Waals surface area contributed by atoms with Crippen LogP contribution in [0.3, 0.4) is 0 Å². The monoisotopic (exact) mass is 571 g/mol. The minimum Gasteiger partial charge on any atom is -0.465 e. The van der Waals surface area contributed by atoms with E-state index in [-0.39, 0.29) is 29.0 Å². The molecule has 176 valence electrons. The van der Waals surface area contributed by atoms with Crippen molar-refractivity contribution in [1.82, 2.24) is 0 Å². The van der Waals surface area contributed by atoms with E-state index >= 15 is 0 Å². The van der Waals surface area contributed by atoms with Gasteiger partial charge >= 0.3 is 5.97 Å². The van der Waals surface area contributed by atoms with E-state index in [0.29, 0.717) is 18.5 Å². The maximum atomic E-state index is 14.5. The fourth-order valence-corrected chi connectivity index (χ4v) is 6.82. The number of benzene rings is 2. The number of halogens is 2. The van der Waals surface area contributed by atoms with Gasteiger partial charge in [-0.05, 0) is 94.1 Å². The highest BCUT2D eigenvalue weighted by Crippen LogP contribution is 2.76. The fraction of sp³-hybridized carbons (Fsp3) is 0.357. The number of carbonyl (C=O) groups excluding carboxylic acids is 2. The van der Waals surface area contributed by atoms with Gasteiger partial charge in [0.25, 0.3) is 0 Å². The zero-order chi connectivity index (χ0) is 24.3. The lowest BCUT2D eigenvalue weighted by molar-refractivity contribution is -0.121. The number of esters is 1. The molecule has 6 heteroatoms. The van der Waals surface area contributed by atoms with Crippen LogP contribution in [-0.4, -0.2) is 19.0 Å². The molecule has 1 spiro atoms. The molecule has 0 N–H and O–H groups in total. The van der Waals surface area contributed by atoms with Crippen LogP contribution in [0.2, 0.25) is 0 Å². The van der Waals surface area contributed by atoms with Gasteiger partial charge in [-0.25, -0.2) is 9.18 Å². The Bertz CT molecular complexity index is 1250. The second-order valence-electron chi connectivity index (χ2n) is 9.81. The Balaban J connectivity index is 1.57. The fourth-order valence-electron chi connectivity index (χ4n) is 6.36. The smallest absolute Gasteiger partial charge is 0.337 e. The average Bonchev–Trinajstić information content (AvgIpc) is 3.50. The summed E-state index contributed by atoms with van der Waals surface area (Å²) in [5, 5.41) is 0. The van der Waals surface area contributed by atoms with Gasteiger partial charge in [-0.2, -0.15) is 0 Å². The van der Waals surface area contributed by atoms with E-state index in [0.717, 1.165) is 23.2 Å². The Hall–Kier alpha value is -2.48. The molecule has 0 radical (unpaired) electrons. The lowest BCUT2D eigenvalue weighted by Crippen LogP contribution is -2.39. The molecule has 1 fully saturated rings. The van der Waals surface area contributed by atoms with Crippen molar-refractivity contribution in [3.8, 4) is 0 Å². The zero-order valence-corrected chi connectivity index (χ0v) is 21.6. The number of hydrogen-bond acceptors (Lipinski definition) is 3. The number of nitrogens with zero attached hydrogens (tertiary/aromatic N) is 1. The van der Waals surface area contributed by atoms with Crippen LogP contribution in [-0.2, 0) is 21.5 Å². The van der Waals surface area contributed by atoms with Gasteiger partial charge in [0.05, 0.1) is 24.6 Å². The maximum Gasteiger partial charge on any atom is 0.337 e. The van der Waals surface area contributed by atoms with E-state index in [2.05, 4.69) is 54.7 Å². The minimum atomic E-state index is -0.732. The molecule has 3 aliphatic rings. The van der Waals surface area contributed by atoms with Crippen LogP contribution in [0.25, 0.3) is 0 Å². The summed E-state index contributed by atoms with van der Waals surface area (Å²) in [6.07, 6.45) is 8.19. The summed E-state index contributed by atoms with van der Waals surface area (Å²) in [6.45, 7) is 4.68. The van der Waals surface area contributed by atoms with Crippen molar-refractivity contribution in [3.05, 3.63) is 86.8 Å². The quantitative estimate of drug-likeness (QED) is 0.311. The third-order valence-corrected chi connectivity index (χ3v) is 8.78. The molecule has 0 saturated heterocycles. The molecular weight excluding hydrogens is 544 g/mol. The second kappa shape index (κ2) is 8.33. The first-order valence-corrected chi connectivity index (χ1v) is 12.7. The van der Waals surface area contributed by atoms with Gasteiger partial charge in [-0.1, -0.05) is 44.2 Å². The van der Waals surface area contributed by atoms with Gasteiger partial charge in [-0.3, -0.25) is 4.79 Å². The minimum absolute atomic E-state index is 0.0305. The summed E-state index contributed by atoms with van der Waals surface area (Å²) in [7, 11) is 1.35. The van der Waals surface area contributed by atoms with Crippen molar-refractivity contribution in [2.45, 2.75) is 38.6 Å². The highest BCUT2D eigenvalue weighted by atomic mass is 127. The van der Waals surface area contributed by atoms with E-state index in [9.17, 15) is 14.0 Å². The summed E-state index contributed by atoms with van der Waals surface area (Å²) >= 11 is 2.32. The molecule has 4 nitrogen and oxygen atoms in total. The average molecular weight is 571 g/mol. The molecule has 1 saturated carbocycles. The van der Waals surface area contributed by atoms with Crippen LogP contribution in [0.4, 0.5) is 10.1 Å². The van der Waals surface area contributed by atoms with Crippen LogP contribution in [0.5, 0.6) is 0 Å². The lowest BCUT2D eigenvalue weighted by Gasteiger charge is -2.33. The lowest BCUT2D eigenvalue weighted by atomic mass is 9.70. The largest absolute Gasteiger partial charge is 0.465 e. The van der Waals surface area contributed by atoms with Crippen molar-refractivity contribution >= 4 is 40.2 Å². The summed E-state index contributed by atoms with van der Waals surface area (Å²) in [4.78, 5) is 28.0. The van der Waals surface area contributed by atoms with Crippen molar-refractivity contribution in [2.24, 2.45) is 17.3 Å². The number of allylic oxidation sites excluding steroid dienone is 4. The first-order chi connectivity index (χ1) is 16.2. The molecular formula is C28H27FINO3. The normalized spacial score (nSPS) is 27.2. The molecule has 3 atom stereocenters.